The number of nitrogens with zero attached hydrogens (tertiary/aromatic N) is 2. The van der Waals surface area contributed by atoms with Crippen molar-refractivity contribution in [2.75, 3.05) is 45.1 Å². The Bertz CT molecular complexity index is 706. The maximum Gasteiger partial charge on any atom is 0.213 e. The van der Waals surface area contributed by atoms with Gasteiger partial charge in [-0.2, -0.15) is 0 Å². The molecule has 0 amide bonds. The van der Waals surface area contributed by atoms with Gasteiger partial charge in [0.25, 0.3) is 0 Å². The van der Waals surface area contributed by atoms with Crippen LogP contribution in [0.2, 0.25) is 0 Å². The molecule has 0 aromatic carbocycles. The number of ether oxygens (including phenoxy) is 1. The summed E-state index contributed by atoms with van der Waals surface area (Å²) >= 11 is 0. The third-order valence-corrected chi connectivity index (χ3v) is 7.21. The smallest absolute Gasteiger partial charge is 0.213 e. The largest absolute Gasteiger partial charge is 0.469 e. The molecule has 1 aromatic heterocycles. The van der Waals surface area contributed by atoms with Gasteiger partial charge in [0.15, 0.2) is 5.96 Å². The van der Waals surface area contributed by atoms with Gasteiger partial charge >= 0.3 is 0 Å². The van der Waals surface area contributed by atoms with Gasteiger partial charge in [0.05, 0.1) is 18.6 Å². The van der Waals surface area contributed by atoms with Crippen molar-refractivity contribution in [3.63, 3.8) is 0 Å². The summed E-state index contributed by atoms with van der Waals surface area (Å²) in [6, 6.07) is 4.07. The van der Waals surface area contributed by atoms with E-state index in [1.807, 2.05) is 12.1 Å². The number of hydrogen-bond acceptors (Lipinski definition) is 5. The summed E-state index contributed by atoms with van der Waals surface area (Å²) in [7, 11) is -3.10. The number of piperidine rings is 1. The third-order valence-electron chi connectivity index (χ3n) is 5.33. The summed E-state index contributed by atoms with van der Waals surface area (Å²) in [5.74, 6) is 2.36. The van der Waals surface area contributed by atoms with E-state index in [1.54, 1.807) is 17.5 Å². The van der Waals surface area contributed by atoms with Gasteiger partial charge in [0.2, 0.25) is 10.0 Å². The second-order valence-electron chi connectivity index (χ2n) is 7.39. The van der Waals surface area contributed by atoms with Crippen LogP contribution in [0.1, 0.15) is 31.9 Å². The zero-order valence-electron chi connectivity index (χ0n) is 16.6. The maximum absolute atomic E-state index is 12.0. The summed E-state index contributed by atoms with van der Waals surface area (Å²) in [4.78, 5) is 4.75. The van der Waals surface area contributed by atoms with Crippen molar-refractivity contribution in [3.8, 4) is 0 Å². The van der Waals surface area contributed by atoms with Gasteiger partial charge in [0, 0.05) is 51.2 Å². The molecular formula is C19H32N4O4S. The van der Waals surface area contributed by atoms with Crippen LogP contribution < -0.4 is 10.6 Å². The normalized spacial score (nSPS) is 22.5. The van der Waals surface area contributed by atoms with Crippen molar-refractivity contribution < 1.29 is 17.6 Å². The highest BCUT2D eigenvalue weighted by molar-refractivity contribution is 7.89. The first-order valence-corrected chi connectivity index (χ1v) is 11.8. The van der Waals surface area contributed by atoms with Crippen LogP contribution in [0, 0.1) is 5.92 Å². The molecule has 158 valence electrons. The molecule has 2 fully saturated rings. The maximum atomic E-state index is 12.0. The fraction of sp³-hybridized carbons (Fsp3) is 0.737. The quantitative estimate of drug-likeness (QED) is 0.492. The average Bonchev–Trinajstić information content (AvgIpc) is 3.40. The first-order valence-electron chi connectivity index (χ1n) is 10.2. The molecule has 3 heterocycles. The summed E-state index contributed by atoms with van der Waals surface area (Å²) in [5.41, 5.74) is 0. The molecule has 0 radical (unpaired) electrons. The minimum absolute atomic E-state index is 0.162. The Morgan fingerprint density at radius 3 is 2.79 bits per heavy atom. The van der Waals surface area contributed by atoms with Crippen molar-refractivity contribution in [1.82, 2.24) is 14.9 Å². The van der Waals surface area contributed by atoms with Gasteiger partial charge in [-0.3, -0.25) is 4.99 Å². The zero-order chi connectivity index (χ0) is 19.8. The van der Waals surface area contributed by atoms with Crippen LogP contribution in [0.5, 0.6) is 0 Å². The van der Waals surface area contributed by atoms with E-state index in [4.69, 9.17) is 14.1 Å². The van der Waals surface area contributed by atoms with E-state index in [9.17, 15) is 8.42 Å². The van der Waals surface area contributed by atoms with Crippen LogP contribution in [0.3, 0.4) is 0 Å². The zero-order valence-corrected chi connectivity index (χ0v) is 17.4. The Morgan fingerprint density at radius 1 is 1.32 bits per heavy atom. The summed E-state index contributed by atoms with van der Waals surface area (Å²) in [6.45, 7) is 5.87. The molecule has 9 heteroatoms. The van der Waals surface area contributed by atoms with E-state index in [0.29, 0.717) is 19.0 Å². The molecule has 1 unspecified atom stereocenters. The lowest BCUT2D eigenvalue weighted by atomic mass is 10.1. The predicted octanol–water partition coefficient (Wildman–Crippen LogP) is 1.21. The van der Waals surface area contributed by atoms with Crippen molar-refractivity contribution in [1.29, 1.82) is 0 Å². The lowest BCUT2D eigenvalue weighted by Gasteiger charge is -2.32. The SMILES string of the molecule is CCS(=O)(=O)N1CCC(NC(=NCC2CCOC2)NCCc2ccco2)CC1. The minimum atomic E-state index is -3.10. The van der Waals surface area contributed by atoms with Crippen LogP contribution in [0.25, 0.3) is 0 Å². The van der Waals surface area contributed by atoms with Gasteiger partial charge in [-0.15, -0.1) is 0 Å². The standard InChI is InChI=1S/C19H32N4O4S/c1-2-28(24,25)23-10-6-17(7-11-23)22-19(21-14-16-8-13-26-15-16)20-9-5-18-4-3-12-27-18/h3-4,12,16-17H,2,5-11,13-15H2,1H3,(H2,20,21,22). The van der Waals surface area contributed by atoms with Crippen molar-refractivity contribution in [2.24, 2.45) is 10.9 Å². The highest BCUT2D eigenvalue weighted by Gasteiger charge is 2.27. The molecule has 2 aliphatic rings. The van der Waals surface area contributed by atoms with E-state index < -0.39 is 10.0 Å². The Balaban J connectivity index is 1.51. The van der Waals surface area contributed by atoms with Crippen molar-refractivity contribution >= 4 is 16.0 Å². The molecule has 1 aromatic rings. The van der Waals surface area contributed by atoms with Crippen LogP contribution in [-0.2, 0) is 21.2 Å². The molecule has 0 saturated carbocycles. The molecule has 2 aliphatic heterocycles. The van der Waals surface area contributed by atoms with Gasteiger partial charge in [-0.1, -0.05) is 0 Å². The summed E-state index contributed by atoms with van der Waals surface area (Å²) in [5, 5.41) is 6.88. The Labute approximate surface area is 167 Å². The highest BCUT2D eigenvalue weighted by atomic mass is 32.2. The molecule has 0 aliphatic carbocycles. The number of rotatable bonds is 8. The van der Waals surface area contributed by atoms with E-state index in [0.717, 1.165) is 63.7 Å². The average molecular weight is 413 g/mol. The van der Waals surface area contributed by atoms with Gasteiger partial charge < -0.3 is 19.8 Å². The molecular weight excluding hydrogens is 380 g/mol. The Kier molecular flexibility index (Phi) is 7.75. The fourth-order valence-electron chi connectivity index (χ4n) is 3.51. The second-order valence-corrected chi connectivity index (χ2v) is 9.65. The van der Waals surface area contributed by atoms with Crippen molar-refractivity contribution in [3.05, 3.63) is 24.2 Å². The topological polar surface area (TPSA) is 96.2 Å². The fourth-order valence-corrected chi connectivity index (χ4v) is 4.65. The number of hydrogen-bond donors (Lipinski definition) is 2. The predicted molar refractivity (Wildman–Crippen MR) is 109 cm³/mol. The molecule has 2 saturated heterocycles. The Morgan fingerprint density at radius 2 is 2.14 bits per heavy atom. The first-order chi connectivity index (χ1) is 13.6. The number of guanidine groups is 1. The van der Waals surface area contributed by atoms with Crippen LogP contribution in [-0.4, -0.2) is 69.9 Å². The number of nitrogens with one attached hydrogen (secondary N) is 2. The number of aliphatic imine (C=N–C) groups is 1. The first kappa shape index (κ1) is 21.1. The van der Waals surface area contributed by atoms with E-state index >= 15 is 0 Å². The summed E-state index contributed by atoms with van der Waals surface area (Å²) in [6.07, 6.45) is 5.08. The molecule has 28 heavy (non-hydrogen) atoms. The number of sulfonamides is 1. The van der Waals surface area contributed by atoms with E-state index in [-0.39, 0.29) is 11.8 Å². The second kappa shape index (κ2) is 10.3. The molecule has 2 N–H and O–H groups in total. The molecule has 3 rings (SSSR count). The summed E-state index contributed by atoms with van der Waals surface area (Å²) < 4.78 is 36.5. The van der Waals surface area contributed by atoms with Crippen LogP contribution >= 0.6 is 0 Å². The van der Waals surface area contributed by atoms with Crippen molar-refractivity contribution in [2.45, 2.75) is 38.6 Å². The monoisotopic (exact) mass is 412 g/mol. The third kappa shape index (κ3) is 6.22. The molecule has 0 bridgehead atoms. The van der Waals surface area contributed by atoms with E-state index in [1.165, 1.54) is 0 Å². The van der Waals surface area contributed by atoms with Crippen LogP contribution in [0.4, 0.5) is 0 Å². The minimum Gasteiger partial charge on any atom is -0.469 e. The van der Waals surface area contributed by atoms with Gasteiger partial charge in [0.1, 0.15) is 5.76 Å². The van der Waals surface area contributed by atoms with Gasteiger partial charge in [-0.05, 0) is 38.3 Å². The van der Waals surface area contributed by atoms with E-state index in [2.05, 4.69) is 10.6 Å². The molecule has 0 spiro atoms. The van der Waals surface area contributed by atoms with Gasteiger partial charge in [-0.25, -0.2) is 12.7 Å². The highest BCUT2D eigenvalue weighted by Crippen LogP contribution is 2.15. The Hall–Kier alpha value is -1.58. The number of furan rings is 1. The molecule has 1 atom stereocenters. The lowest BCUT2D eigenvalue weighted by Crippen LogP contribution is -2.50. The lowest BCUT2D eigenvalue weighted by molar-refractivity contribution is 0.187. The molecule has 8 nitrogen and oxygen atoms in total. The van der Waals surface area contributed by atoms with Crippen LogP contribution in [0.15, 0.2) is 27.8 Å².